The van der Waals surface area contributed by atoms with E-state index in [0.29, 0.717) is 6.07 Å². The summed E-state index contributed by atoms with van der Waals surface area (Å²) in [7, 11) is 0. The van der Waals surface area contributed by atoms with Crippen LogP contribution in [0.2, 0.25) is 0 Å². The second kappa shape index (κ2) is 4.75. The van der Waals surface area contributed by atoms with E-state index in [0.717, 1.165) is 6.07 Å². The van der Waals surface area contributed by atoms with E-state index >= 15 is 0 Å². The summed E-state index contributed by atoms with van der Waals surface area (Å²) in [6, 6.07) is 2.63. The van der Waals surface area contributed by atoms with Gasteiger partial charge in [0.15, 0.2) is 5.78 Å². The maximum Gasteiger partial charge on any atom is 0.417 e. The minimum Gasteiger partial charge on any atom is -0.507 e. The van der Waals surface area contributed by atoms with E-state index < -0.39 is 28.8 Å². The summed E-state index contributed by atoms with van der Waals surface area (Å²) in [5.74, 6) is -1.61. The molecule has 0 aromatic heterocycles. The third-order valence-corrected chi connectivity index (χ3v) is 2.49. The summed E-state index contributed by atoms with van der Waals surface area (Å²) in [6.45, 7) is 0. The molecule has 1 N–H and O–H groups in total. The van der Waals surface area contributed by atoms with Crippen molar-refractivity contribution in [3.05, 3.63) is 28.8 Å². The van der Waals surface area contributed by atoms with Gasteiger partial charge in [-0.25, -0.2) is 0 Å². The number of phenols is 1. The van der Waals surface area contributed by atoms with Crippen molar-refractivity contribution in [3.8, 4) is 11.8 Å². The average Bonchev–Trinajstić information content (AvgIpc) is 2.26. The topological polar surface area (TPSA) is 61.1 Å². The monoisotopic (exact) mass is 307 g/mol. The molecule has 17 heavy (non-hydrogen) atoms. The zero-order chi connectivity index (χ0) is 13.2. The second-order valence-electron chi connectivity index (χ2n) is 3.08. The van der Waals surface area contributed by atoms with Crippen molar-refractivity contribution in [2.75, 3.05) is 5.33 Å². The van der Waals surface area contributed by atoms with E-state index in [1.54, 1.807) is 0 Å². The van der Waals surface area contributed by atoms with Gasteiger partial charge in [-0.05, 0) is 12.1 Å². The third kappa shape index (κ3) is 2.77. The van der Waals surface area contributed by atoms with E-state index in [9.17, 15) is 23.1 Å². The van der Waals surface area contributed by atoms with Gasteiger partial charge in [-0.1, -0.05) is 15.9 Å². The molecule has 0 unspecified atom stereocenters. The van der Waals surface area contributed by atoms with Crippen molar-refractivity contribution in [2.24, 2.45) is 0 Å². The van der Waals surface area contributed by atoms with Crippen LogP contribution in [0.25, 0.3) is 0 Å². The molecule has 3 nitrogen and oxygen atoms in total. The molecule has 7 heteroatoms. The Morgan fingerprint density at radius 2 is 2.06 bits per heavy atom. The quantitative estimate of drug-likeness (QED) is 0.675. The number of hydrogen-bond acceptors (Lipinski definition) is 3. The average molecular weight is 308 g/mol. The first kappa shape index (κ1) is 13.5. The minimum atomic E-state index is -4.77. The van der Waals surface area contributed by atoms with E-state index in [1.165, 1.54) is 6.07 Å². The van der Waals surface area contributed by atoms with Gasteiger partial charge >= 0.3 is 6.18 Å². The lowest BCUT2D eigenvalue weighted by Gasteiger charge is -2.12. The van der Waals surface area contributed by atoms with Crippen molar-refractivity contribution >= 4 is 21.7 Å². The van der Waals surface area contributed by atoms with E-state index in [-0.39, 0.29) is 10.9 Å². The van der Waals surface area contributed by atoms with E-state index in [4.69, 9.17) is 5.26 Å². The normalized spacial score (nSPS) is 11.0. The molecule has 0 bridgehead atoms. The maximum absolute atomic E-state index is 12.6. The SMILES string of the molecule is N#Cc1cc(C(=O)CBr)c(C(F)(F)F)cc1O. The van der Waals surface area contributed by atoms with Crippen LogP contribution in [-0.4, -0.2) is 16.2 Å². The van der Waals surface area contributed by atoms with Gasteiger partial charge in [0.25, 0.3) is 0 Å². The first-order valence-corrected chi connectivity index (χ1v) is 5.37. The number of nitriles is 1. The number of carbonyl (C=O) groups is 1. The summed E-state index contributed by atoms with van der Waals surface area (Å²) in [5, 5.41) is 17.5. The smallest absolute Gasteiger partial charge is 0.417 e. The summed E-state index contributed by atoms with van der Waals surface area (Å²) in [6.07, 6.45) is -4.77. The molecule has 0 spiro atoms. The molecule has 0 saturated heterocycles. The number of nitrogens with zero attached hydrogens (tertiary/aromatic N) is 1. The summed E-state index contributed by atoms with van der Waals surface area (Å²) in [5.41, 5.74) is -2.26. The number of benzene rings is 1. The molecule has 1 rings (SSSR count). The molecule has 0 aliphatic rings. The Labute approximate surface area is 103 Å². The molecule has 0 atom stereocenters. The predicted molar refractivity (Wildman–Crippen MR) is 55.9 cm³/mol. The fourth-order valence-corrected chi connectivity index (χ4v) is 1.52. The van der Waals surface area contributed by atoms with Crippen LogP contribution in [0.15, 0.2) is 12.1 Å². The molecule has 0 aliphatic carbocycles. The molecule has 0 fully saturated rings. The largest absolute Gasteiger partial charge is 0.507 e. The Bertz CT molecular complexity index is 505. The number of aromatic hydroxyl groups is 1. The zero-order valence-corrected chi connectivity index (χ0v) is 9.76. The van der Waals surface area contributed by atoms with Crippen LogP contribution in [0.1, 0.15) is 21.5 Å². The molecule has 0 radical (unpaired) electrons. The molecule has 1 aromatic carbocycles. The van der Waals surface area contributed by atoms with Gasteiger partial charge in [0, 0.05) is 5.56 Å². The van der Waals surface area contributed by atoms with Crippen LogP contribution < -0.4 is 0 Å². The maximum atomic E-state index is 12.6. The Kier molecular flexibility index (Phi) is 3.78. The Morgan fingerprint density at radius 3 is 2.47 bits per heavy atom. The summed E-state index contributed by atoms with van der Waals surface area (Å²) in [4.78, 5) is 11.3. The van der Waals surface area contributed by atoms with Crippen LogP contribution in [0, 0.1) is 11.3 Å². The fourth-order valence-electron chi connectivity index (χ4n) is 1.22. The first-order valence-electron chi connectivity index (χ1n) is 4.24. The Morgan fingerprint density at radius 1 is 1.47 bits per heavy atom. The van der Waals surface area contributed by atoms with Gasteiger partial charge in [0.2, 0.25) is 0 Å². The number of rotatable bonds is 2. The van der Waals surface area contributed by atoms with Gasteiger partial charge in [0.1, 0.15) is 11.8 Å². The van der Waals surface area contributed by atoms with E-state index in [2.05, 4.69) is 15.9 Å². The van der Waals surface area contributed by atoms with Crippen molar-refractivity contribution < 1.29 is 23.1 Å². The highest BCUT2D eigenvalue weighted by Gasteiger charge is 2.36. The number of carbonyl (C=O) groups excluding carboxylic acids is 1. The number of halogens is 4. The van der Waals surface area contributed by atoms with Crippen LogP contribution in [0.3, 0.4) is 0 Å². The highest BCUT2D eigenvalue weighted by atomic mass is 79.9. The van der Waals surface area contributed by atoms with Gasteiger partial charge in [-0.2, -0.15) is 18.4 Å². The van der Waals surface area contributed by atoms with Crippen LogP contribution in [-0.2, 0) is 6.18 Å². The minimum absolute atomic E-state index is 0.300. The molecule has 90 valence electrons. The highest BCUT2D eigenvalue weighted by Crippen LogP contribution is 2.36. The molecule has 0 aliphatic heterocycles. The van der Waals surface area contributed by atoms with Crippen LogP contribution in [0.5, 0.6) is 5.75 Å². The van der Waals surface area contributed by atoms with Gasteiger partial charge in [0.05, 0.1) is 16.5 Å². The highest BCUT2D eigenvalue weighted by molar-refractivity contribution is 9.09. The van der Waals surface area contributed by atoms with Crippen LogP contribution >= 0.6 is 15.9 Å². The van der Waals surface area contributed by atoms with Crippen LogP contribution in [0.4, 0.5) is 13.2 Å². The van der Waals surface area contributed by atoms with Crippen molar-refractivity contribution in [2.45, 2.75) is 6.18 Å². The second-order valence-corrected chi connectivity index (χ2v) is 3.64. The molecular formula is C10H5BrF3NO2. The zero-order valence-electron chi connectivity index (χ0n) is 8.18. The standard InChI is InChI=1S/C10H5BrF3NO2/c11-3-9(17)6-1-5(4-15)8(16)2-7(6)10(12,13)14/h1-2,16H,3H2. The number of alkyl halides is 4. The predicted octanol–water partition coefficient (Wildman–Crippen LogP) is 2.86. The third-order valence-electron chi connectivity index (χ3n) is 1.98. The first-order chi connectivity index (χ1) is 7.81. The lowest BCUT2D eigenvalue weighted by molar-refractivity contribution is -0.138. The van der Waals surface area contributed by atoms with E-state index in [1.807, 2.05) is 0 Å². The van der Waals surface area contributed by atoms with Crippen molar-refractivity contribution in [1.82, 2.24) is 0 Å². The Balaban J connectivity index is 3.54. The van der Waals surface area contributed by atoms with Gasteiger partial charge < -0.3 is 5.11 Å². The number of hydrogen-bond donors (Lipinski definition) is 1. The molecular weight excluding hydrogens is 303 g/mol. The Hall–Kier alpha value is -1.55. The number of phenolic OH excluding ortho intramolecular Hbond substituents is 1. The summed E-state index contributed by atoms with van der Waals surface area (Å²) < 4.78 is 37.8. The van der Waals surface area contributed by atoms with Gasteiger partial charge in [-0.3, -0.25) is 4.79 Å². The van der Waals surface area contributed by atoms with Gasteiger partial charge in [-0.15, -0.1) is 0 Å². The molecule has 0 saturated carbocycles. The number of Topliss-reactive ketones (excluding diaryl/α,β-unsaturated/α-hetero) is 1. The molecule has 1 aromatic rings. The lowest BCUT2D eigenvalue weighted by atomic mass is 10.00. The van der Waals surface area contributed by atoms with Crippen molar-refractivity contribution in [1.29, 1.82) is 5.26 Å². The summed E-state index contributed by atoms with van der Waals surface area (Å²) >= 11 is 2.76. The number of ketones is 1. The molecule has 0 amide bonds. The lowest BCUT2D eigenvalue weighted by Crippen LogP contribution is -2.14. The van der Waals surface area contributed by atoms with Crippen molar-refractivity contribution in [3.63, 3.8) is 0 Å². The molecule has 0 heterocycles. The fraction of sp³-hybridized carbons (Fsp3) is 0.200.